The molecule has 24 heavy (non-hydrogen) atoms. The molecular formula is C18H30N2O4. The second kappa shape index (κ2) is 7.13. The standard InChI is InChI=1S/C18H30N2O4/c1-14(21)23-15-6-10-20(11-7-15)18(5)8-12-19(13-9-18)16(22)24-17(2,3)4/h6H,7-13H2,1-5H3. The van der Waals surface area contributed by atoms with E-state index in [2.05, 4.69) is 11.8 Å². The molecular weight excluding hydrogens is 308 g/mol. The topological polar surface area (TPSA) is 59.1 Å². The minimum Gasteiger partial charge on any atom is -0.444 e. The van der Waals surface area contributed by atoms with Crippen LogP contribution in [-0.4, -0.2) is 59.2 Å². The average Bonchev–Trinajstić information content (AvgIpc) is 2.46. The third-order valence-electron chi connectivity index (χ3n) is 4.70. The molecule has 0 bridgehead atoms. The summed E-state index contributed by atoms with van der Waals surface area (Å²) in [5.41, 5.74) is -0.390. The molecule has 2 rings (SSSR count). The SMILES string of the molecule is CC(=O)OC1=CCN(C2(C)CCN(C(=O)OC(C)(C)C)CC2)CC1. The number of nitrogens with zero attached hydrogens (tertiary/aromatic N) is 2. The second-order valence-corrected chi connectivity index (χ2v) is 7.92. The lowest BCUT2D eigenvalue weighted by molar-refractivity contribution is -0.137. The monoisotopic (exact) mass is 338 g/mol. The number of carbonyl (C=O) groups is 2. The number of esters is 1. The molecule has 2 aliphatic rings. The molecule has 0 aromatic carbocycles. The molecule has 0 spiro atoms. The normalized spacial score (nSPS) is 21.9. The van der Waals surface area contributed by atoms with E-state index in [1.165, 1.54) is 6.92 Å². The van der Waals surface area contributed by atoms with E-state index in [0.29, 0.717) is 13.1 Å². The van der Waals surface area contributed by atoms with Crippen molar-refractivity contribution < 1.29 is 19.1 Å². The van der Waals surface area contributed by atoms with Crippen LogP contribution in [0.2, 0.25) is 0 Å². The van der Waals surface area contributed by atoms with Crippen LogP contribution in [0.25, 0.3) is 0 Å². The number of ether oxygens (including phenoxy) is 2. The molecule has 0 aliphatic carbocycles. The summed E-state index contributed by atoms with van der Waals surface area (Å²) in [7, 11) is 0. The van der Waals surface area contributed by atoms with Crippen molar-refractivity contribution in [1.29, 1.82) is 0 Å². The Kier molecular flexibility index (Phi) is 5.58. The maximum atomic E-state index is 12.2. The van der Waals surface area contributed by atoms with Crippen LogP contribution in [0, 0.1) is 0 Å². The number of hydrogen-bond acceptors (Lipinski definition) is 5. The molecule has 1 fully saturated rings. The highest BCUT2D eigenvalue weighted by Gasteiger charge is 2.38. The Hall–Kier alpha value is -1.56. The van der Waals surface area contributed by atoms with Gasteiger partial charge in [-0.3, -0.25) is 9.69 Å². The molecule has 136 valence electrons. The van der Waals surface area contributed by atoms with Crippen molar-refractivity contribution in [3.05, 3.63) is 11.8 Å². The molecule has 1 saturated heterocycles. The number of rotatable bonds is 2. The molecule has 6 nitrogen and oxygen atoms in total. The van der Waals surface area contributed by atoms with E-state index in [9.17, 15) is 9.59 Å². The number of hydrogen-bond donors (Lipinski definition) is 0. The Labute approximate surface area is 144 Å². The zero-order chi connectivity index (χ0) is 18.0. The van der Waals surface area contributed by atoms with Gasteiger partial charge in [0.25, 0.3) is 0 Å². The van der Waals surface area contributed by atoms with E-state index in [1.54, 1.807) is 4.90 Å². The van der Waals surface area contributed by atoms with Gasteiger partial charge in [-0.05, 0) is 46.6 Å². The van der Waals surface area contributed by atoms with Crippen molar-refractivity contribution in [1.82, 2.24) is 9.80 Å². The van der Waals surface area contributed by atoms with E-state index in [4.69, 9.17) is 9.47 Å². The number of carbonyl (C=O) groups excluding carboxylic acids is 2. The third kappa shape index (κ3) is 4.97. The van der Waals surface area contributed by atoms with Gasteiger partial charge in [0.2, 0.25) is 0 Å². The first-order valence-corrected chi connectivity index (χ1v) is 8.69. The fraction of sp³-hybridized carbons (Fsp3) is 0.778. The summed E-state index contributed by atoms with van der Waals surface area (Å²) in [5, 5.41) is 0. The van der Waals surface area contributed by atoms with Gasteiger partial charge in [0, 0.05) is 45.1 Å². The van der Waals surface area contributed by atoms with Crippen molar-refractivity contribution in [2.24, 2.45) is 0 Å². The van der Waals surface area contributed by atoms with Crippen molar-refractivity contribution in [3.8, 4) is 0 Å². The highest BCUT2D eigenvalue weighted by atomic mass is 16.6. The molecule has 0 unspecified atom stereocenters. The van der Waals surface area contributed by atoms with Crippen LogP contribution in [0.5, 0.6) is 0 Å². The minimum absolute atomic E-state index is 0.0662. The van der Waals surface area contributed by atoms with Crippen LogP contribution in [0.15, 0.2) is 11.8 Å². The average molecular weight is 338 g/mol. The molecule has 0 radical (unpaired) electrons. The molecule has 0 N–H and O–H groups in total. The Morgan fingerprint density at radius 2 is 1.79 bits per heavy atom. The summed E-state index contributed by atoms with van der Waals surface area (Å²) in [6, 6.07) is 0. The Morgan fingerprint density at radius 1 is 1.17 bits per heavy atom. The molecule has 0 aromatic rings. The van der Waals surface area contributed by atoms with Crippen LogP contribution < -0.4 is 0 Å². The molecule has 1 amide bonds. The Morgan fingerprint density at radius 3 is 2.25 bits per heavy atom. The zero-order valence-electron chi connectivity index (χ0n) is 15.6. The predicted octanol–water partition coefficient (Wildman–Crippen LogP) is 2.93. The molecule has 0 saturated carbocycles. The van der Waals surface area contributed by atoms with Gasteiger partial charge in [-0.15, -0.1) is 0 Å². The highest BCUT2D eigenvalue weighted by molar-refractivity contribution is 5.68. The van der Waals surface area contributed by atoms with Crippen molar-refractivity contribution in [2.45, 2.75) is 65.0 Å². The first kappa shape index (κ1) is 18.8. The molecule has 0 aromatic heterocycles. The summed E-state index contributed by atoms with van der Waals surface area (Å²) in [4.78, 5) is 27.4. The van der Waals surface area contributed by atoms with Crippen molar-refractivity contribution in [3.63, 3.8) is 0 Å². The molecule has 2 aliphatic heterocycles. The largest absolute Gasteiger partial charge is 0.444 e. The number of amides is 1. The minimum atomic E-state index is -0.456. The highest BCUT2D eigenvalue weighted by Crippen LogP contribution is 2.31. The maximum absolute atomic E-state index is 12.2. The lowest BCUT2D eigenvalue weighted by Crippen LogP contribution is -2.56. The summed E-state index contributed by atoms with van der Waals surface area (Å²) in [5.74, 6) is 0.514. The van der Waals surface area contributed by atoms with Crippen LogP contribution >= 0.6 is 0 Å². The predicted molar refractivity (Wildman–Crippen MR) is 91.5 cm³/mol. The third-order valence-corrected chi connectivity index (χ3v) is 4.70. The second-order valence-electron chi connectivity index (χ2n) is 7.92. The summed E-state index contributed by atoms with van der Waals surface area (Å²) in [6.07, 6.45) is 4.37. The van der Waals surface area contributed by atoms with Crippen LogP contribution in [0.1, 0.15) is 53.9 Å². The Bertz CT molecular complexity index is 514. The van der Waals surface area contributed by atoms with E-state index >= 15 is 0 Å². The summed E-state index contributed by atoms with van der Waals surface area (Å²) in [6.45, 7) is 12.4. The molecule has 0 atom stereocenters. The maximum Gasteiger partial charge on any atom is 0.410 e. The summed E-state index contributed by atoms with van der Waals surface area (Å²) >= 11 is 0. The van der Waals surface area contributed by atoms with Gasteiger partial charge >= 0.3 is 12.1 Å². The van der Waals surface area contributed by atoms with Gasteiger partial charge in [0.05, 0.1) is 0 Å². The van der Waals surface area contributed by atoms with Crippen LogP contribution in [-0.2, 0) is 14.3 Å². The first-order valence-electron chi connectivity index (χ1n) is 8.69. The quantitative estimate of drug-likeness (QED) is 0.725. The van der Waals surface area contributed by atoms with E-state index < -0.39 is 5.60 Å². The van der Waals surface area contributed by atoms with Gasteiger partial charge in [-0.25, -0.2) is 4.79 Å². The Balaban J connectivity index is 1.88. The van der Waals surface area contributed by atoms with Gasteiger partial charge in [-0.1, -0.05) is 0 Å². The van der Waals surface area contributed by atoms with E-state index in [-0.39, 0.29) is 17.6 Å². The van der Waals surface area contributed by atoms with E-state index in [1.807, 2.05) is 26.8 Å². The zero-order valence-corrected chi connectivity index (χ0v) is 15.6. The fourth-order valence-corrected chi connectivity index (χ4v) is 3.23. The van der Waals surface area contributed by atoms with E-state index in [0.717, 1.165) is 38.1 Å². The van der Waals surface area contributed by atoms with Gasteiger partial charge in [-0.2, -0.15) is 0 Å². The molecule has 2 heterocycles. The summed E-state index contributed by atoms with van der Waals surface area (Å²) < 4.78 is 10.6. The van der Waals surface area contributed by atoms with Crippen LogP contribution in [0.4, 0.5) is 4.79 Å². The van der Waals surface area contributed by atoms with Crippen LogP contribution in [0.3, 0.4) is 0 Å². The molecule has 6 heteroatoms. The lowest BCUT2D eigenvalue weighted by Gasteiger charge is -2.47. The van der Waals surface area contributed by atoms with Crippen molar-refractivity contribution in [2.75, 3.05) is 26.2 Å². The first-order chi connectivity index (χ1) is 11.1. The van der Waals surface area contributed by atoms with Gasteiger partial charge in [0.1, 0.15) is 11.4 Å². The lowest BCUT2D eigenvalue weighted by atomic mass is 9.87. The fourth-order valence-electron chi connectivity index (χ4n) is 3.23. The van der Waals surface area contributed by atoms with Gasteiger partial charge < -0.3 is 14.4 Å². The number of likely N-dealkylation sites (tertiary alicyclic amines) is 1. The number of piperidine rings is 1. The van der Waals surface area contributed by atoms with Crippen molar-refractivity contribution >= 4 is 12.1 Å². The van der Waals surface area contributed by atoms with Gasteiger partial charge in [0.15, 0.2) is 0 Å². The smallest absolute Gasteiger partial charge is 0.410 e.